The van der Waals surface area contributed by atoms with Gasteiger partial charge in [-0.3, -0.25) is 4.90 Å². The van der Waals surface area contributed by atoms with Crippen LogP contribution in [0.4, 0.5) is 0 Å². The van der Waals surface area contributed by atoms with Crippen LogP contribution in [0.15, 0.2) is 0 Å². The first-order valence-corrected chi connectivity index (χ1v) is 7.40. The molecular formula is C13H24N4S. The van der Waals surface area contributed by atoms with Crippen LogP contribution < -0.4 is 0 Å². The van der Waals surface area contributed by atoms with Gasteiger partial charge < -0.3 is 4.90 Å². The van der Waals surface area contributed by atoms with Gasteiger partial charge in [-0.15, -0.1) is 21.5 Å². The highest BCUT2D eigenvalue weighted by Crippen LogP contribution is 2.33. The van der Waals surface area contributed by atoms with E-state index in [1.807, 2.05) is 6.92 Å². The molecule has 5 heteroatoms. The van der Waals surface area contributed by atoms with Crippen LogP contribution in [-0.2, 0) is 6.54 Å². The van der Waals surface area contributed by atoms with Crippen molar-refractivity contribution in [1.29, 1.82) is 0 Å². The lowest BCUT2D eigenvalue weighted by atomic mass is 9.88. The maximum atomic E-state index is 4.20. The fourth-order valence-corrected chi connectivity index (χ4v) is 3.48. The molecule has 0 saturated carbocycles. The highest BCUT2D eigenvalue weighted by Gasteiger charge is 2.39. The minimum Gasteiger partial charge on any atom is -0.301 e. The zero-order valence-corrected chi connectivity index (χ0v) is 12.9. The zero-order valence-electron chi connectivity index (χ0n) is 12.1. The Morgan fingerprint density at radius 2 is 2.17 bits per heavy atom. The summed E-state index contributed by atoms with van der Waals surface area (Å²) in [5, 5.41) is 10.5. The molecular weight excluding hydrogens is 244 g/mol. The molecule has 0 aromatic carbocycles. The number of hydrogen-bond acceptors (Lipinski definition) is 5. The van der Waals surface area contributed by atoms with E-state index in [-0.39, 0.29) is 0 Å². The minimum absolute atomic E-state index is 0.311. The normalized spacial score (nSPS) is 24.0. The fraction of sp³-hybridized carbons (Fsp3) is 0.846. The first kappa shape index (κ1) is 13.9. The molecule has 1 aromatic rings. The summed E-state index contributed by atoms with van der Waals surface area (Å²) in [5.41, 5.74) is 0.311. The van der Waals surface area contributed by atoms with Crippen LogP contribution in [0.25, 0.3) is 0 Å². The van der Waals surface area contributed by atoms with Gasteiger partial charge in [-0.25, -0.2) is 0 Å². The van der Waals surface area contributed by atoms with Crippen molar-refractivity contribution < 1.29 is 0 Å². The van der Waals surface area contributed by atoms with Gasteiger partial charge in [0.1, 0.15) is 10.0 Å². The molecule has 0 spiro atoms. The Balaban J connectivity index is 1.90. The van der Waals surface area contributed by atoms with Crippen molar-refractivity contribution in [1.82, 2.24) is 20.0 Å². The van der Waals surface area contributed by atoms with Crippen molar-refractivity contribution in [2.45, 2.75) is 39.3 Å². The molecule has 1 atom stereocenters. The minimum atomic E-state index is 0.311. The molecule has 1 aliphatic heterocycles. The van der Waals surface area contributed by atoms with Crippen molar-refractivity contribution in [3.05, 3.63) is 10.0 Å². The number of likely N-dealkylation sites (tertiary alicyclic amines) is 1. The van der Waals surface area contributed by atoms with Gasteiger partial charge in [0.15, 0.2) is 0 Å². The molecule has 18 heavy (non-hydrogen) atoms. The summed E-state index contributed by atoms with van der Waals surface area (Å²) >= 11 is 1.70. The third kappa shape index (κ3) is 2.90. The van der Waals surface area contributed by atoms with E-state index in [0.717, 1.165) is 29.0 Å². The molecule has 0 amide bonds. The zero-order chi connectivity index (χ0) is 13.3. The predicted molar refractivity (Wildman–Crippen MR) is 75.8 cm³/mol. The highest BCUT2D eigenvalue weighted by atomic mass is 32.1. The van der Waals surface area contributed by atoms with Gasteiger partial charge in [0.05, 0.1) is 6.54 Å². The van der Waals surface area contributed by atoms with Crippen LogP contribution >= 0.6 is 11.3 Å². The standard InChI is InChI=1S/C13H24N4S/c1-10-14-15-12(18-10)9-16(4)8-11-6-7-17(5)13(11,2)3/h11H,6-9H2,1-5H3/t11-/m0/s1. The predicted octanol–water partition coefficient (Wildman–Crippen LogP) is 2.01. The van der Waals surface area contributed by atoms with Crippen LogP contribution in [0.5, 0.6) is 0 Å². The summed E-state index contributed by atoms with van der Waals surface area (Å²) in [7, 11) is 4.42. The third-order valence-corrected chi connectivity index (χ3v) is 5.12. The van der Waals surface area contributed by atoms with E-state index < -0.39 is 0 Å². The summed E-state index contributed by atoms with van der Waals surface area (Å²) in [6, 6.07) is 0. The summed E-state index contributed by atoms with van der Waals surface area (Å²) in [6.45, 7) is 9.98. The molecule has 1 aliphatic rings. The van der Waals surface area contributed by atoms with Crippen LogP contribution in [0.1, 0.15) is 30.3 Å². The first-order chi connectivity index (χ1) is 8.39. The molecule has 1 fully saturated rings. The van der Waals surface area contributed by atoms with Crippen molar-refractivity contribution in [2.75, 3.05) is 27.2 Å². The second kappa shape index (κ2) is 5.23. The largest absolute Gasteiger partial charge is 0.301 e. The Labute approximate surface area is 114 Å². The Bertz CT molecular complexity index is 401. The van der Waals surface area contributed by atoms with Crippen molar-refractivity contribution in [3.63, 3.8) is 0 Å². The molecule has 0 bridgehead atoms. The number of aryl methyl sites for hydroxylation is 1. The molecule has 4 nitrogen and oxygen atoms in total. The monoisotopic (exact) mass is 268 g/mol. The molecule has 102 valence electrons. The molecule has 2 rings (SSSR count). The summed E-state index contributed by atoms with van der Waals surface area (Å²) in [4.78, 5) is 4.85. The maximum Gasteiger partial charge on any atom is 0.131 e. The van der Waals surface area contributed by atoms with Gasteiger partial charge in [0, 0.05) is 12.1 Å². The molecule has 1 aromatic heterocycles. The van der Waals surface area contributed by atoms with E-state index in [2.05, 4.69) is 47.9 Å². The van der Waals surface area contributed by atoms with E-state index in [4.69, 9.17) is 0 Å². The lowest BCUT2D eigenvalue weighted by Gasteiger charge is -2.35. The molecule has 2 heterocycles. The van der Waals surface area contributed by atoms with E-state index in [0.29, 0.717) is 5.54 Å². The van der Waals surface area contributed by atoms with Gasteiger partial charge in [-0.1, -0.05) is 0 Å². The van der Waals surface area contributed by atoms with E-state index >= 15 is 0 Å². The fourth-order valence-electron chi connectivity index (χ4n) is 2.69. The molecule has 0 radical (unpaired) electrons. The quantitative estimate of drug-likeness (QED) is 0.836. The first-order valence-electron chi connectivity index (χ1n) is 6.58. The second-order valence-corrected chi connectivity index (χ2v) is 7.24. The van der Waals surface area contributed by atoms with Crippen LogP contribution in [0.3, 0.4) is 0 Å². The topological polar surface area (TPSA) is 32.3 Å². The van der Waals surface area contributed by atoms with Crippen LogP contribution in [0.2, 0.25) is 0 Å². The number of hydrogen-bond donors (Lipinski definition) is 0. The summed E-state index contributed by atoms with van der Waals surface area (Å²) in [6.07, 6.45) is 1.29. The van der Waals surface area contributed by atoms with Crippen molar-refractivity contribution in [3.8, 4) is 0 Å². The number of rotatable bonds is 4. The van der Waals surface area contributed by atoms with Gasteiger partial charge >= 0.3 is 0 Å². The molecule has 0 aliphatic carbocycles. The summed E-state index contributed by atoms with van der Waals surface area (Å²) in [5.74, 6) is 0.738. The van der Waals surface area contributed by atoms with Crippen molar-refractivity contribution >= 4 is 11.3 Å². The average Bonchev–Trinajstić information content (AvgIpc) is 2.77. The second-order valence-electron chi connectivity index (χ2n) is 5.97. The molecule has 0 unspecified atom stereocenters. The number of nitrogens with zero attached hydrogens (tertiary/aromatic N) is 4. The summed E-state index contributed by atoms with van der Waals surface area (Å²) < 4.78 is 0. The van der Waals surface area contributed by atoms with Gasteiger partial charge in [0.2, 0.25) is 0 Å². The Morgan fingerprint density at radius 3 is 2.67 bits per heavy atom. The van der Waals surface area contributed by atoms with Gasteiger partial charge in [0.25, 0.3) is 0 Å². The Hall–Kier alpha value is -0.520. The average molecular weight is 268 g/mol. The van der Waals surface area contributed by atoms with Gasteiger partial charge in [-0.2, -0.15) is 0 Å². The van der Waals surface area contributed by atoms with E-state index in [9.17, 15) is 0 Å². The maximum absolute atomic E-state index is 4.20. The number of aromatic nitrogens is 2. The SMILES string of the molecule is Cc1nnc(CN(C)C[C@@H]2CCN(C)C2(C)C)s1. The lowest BCUT2D eigenvalue weighted by Crippen LogP contribution is -2.43. The Morgan fingerprint density at radius 1 is 1.44 bits per heavy atom. The molecule has 1 saturated heterocycles. The van der Waals surface area contributed by atoms with E-state index in [1.165, 1.54) is 13.0 Å². The molecule has 0 N–H and O–H groups in total. The Kier molecular flexibility index (Phi) is 4.04. The van der Waals surface area contributed by atoms with Crippen LogP contribution in [0, 0.1) is 12.8 Å². The van der Waals surface area contributed by atoms with Crippen molar-refractivity contribution in [2.24, 2.45) is 5.92 Å². The highest BCUT2D eigenvalue weighted by molar-refractivity contribution is 7.11. The lowest BCUT2D eigenvalue weighted by molar-refractivity contribution is 0.140. The third-order valence-electron chi connectivity index (χ3n) is 4.30. The van der Waals surface area contributed by atoms with Crippen LogP contribution in [-0.4, -0.2) is 52.7 Å². The smallest absolute Gasteiger partial charge is 0.131 e. The van der Waals surface area contributed by atoms with E-state index in [1.54, 1.807) is 11.3 Å². The van der Waals surface area contributed by atoms with Gasteiger partial charge in [-0.05, 0) is 53.8 Å².